The van der Waals surface area contributed by atoms with Gasteiger partial charge in [-0.05, 0) is 56.8 Å². The van der Waals surface area contributed by atoms with E-state index in [2.05, 4.69) is 47.9 Å². The lowest BCUT2D eigenvalue weighted by Crippen LogP contribution is -2.55. The quantitative estimate of drug-likeness (QED) is 0.800. The molecule has 2 fully saturated rings. The van der Waals surface area contributed by atoms with Crippen LogP contribution in [0.15, 0.2) is 24.3 Å². The van der Waals surface area contributed by atoms with Crippen molar-refractivity contribution in [2.24, 2.45) is 5.92 Å². The van der Waals surface area contributed by atoms with Crippen LogP contribution in [-0.4, -0.2) is 68.4 Å². The Bertz CT molecular complexity index is 509. The van der Waals surface area contributed by atoms with E-state index in [0.29, 0.717) is 0 Å². The normalized spacial score (nSPS) is 23.5. The van der Waals surface area contributed by atoms with Crippen LogP contribution in [0.2, 0.25) is 0 Å². The van der Waals surface area contributed by atoms with Crippen molar-refractivity contribution >= 4 is 0 Å². The summed E-state index contributed by atoms with van der Waals surface area (Å²) in [4.78, 5) is 5.25. The van der Waals surface area contributed by atoms with E-state index in [0.717, 1.165) is 44.5 Å². The topological polar surface area (TPSA) is 24.9 Å². The summed E-state index contributed by atoms with van der Waals surface area (Å²) in [5.41, 5.74) is 1.66. The van der Waals surface area contributed by atoms with E-state index in [1.54, 1.807) is 7.11 Å². The lowest BCUT2D eigenvalue weighted by atomic mass is 9.98. The van der Waals surface area contributed by atoms with Crippen LogP contribution in [0.3, 0.4) is 0 Å². The maximum absolute atomic E-state index is 5.50. The minimum absolute atomic E-state index is 0.235. The van der Waals surface area contributed by atoms with Gasteiger partial charge in [0.1, 0.15) is 5.75 Å². The first kappa shape index (κ1) is 17.7. The lowest BCUT2D eigenvalue weighted by molar-refractivity contribution is -0.0198. The standard InChI is InChI=1S/C20H32N2O2/c1-20(2,22-10-12-24-13-11-22)16-21-9-8-18(15-21)14-17-4-6-19(23-3)7-5-17/h4-7,18H,8-16H2,1-3H3. The van der Waals surface area contributed by atoms with Gasteiger partial charge < -0.3 is 14.4 Å². The fourth-order valence-corrected chi connectivity index (χ4v) is 4.13. The molecule has 1 atom stereocenters. The van der Waals surface area contributed by atoms with Gasteiger partial charge in [0.25, 0.3) is 0 Å². The first-order chi connectivity index (χ1) is 11.6. The summed E-state index contributed by atoms with van der Waals surface area (Å²) < 4.78 is 10.7. The molecule has 0 radical (unpaired) electrons. The highest BCUT2D eigenvalue weighted by Crippen LogP contribution is 2.25. The molecule has 134 valence electrons. The van der Waals surface area contributed by atoms with Crippen LogP contribution in [-0.2, 0) is 11.2 Å². The summed E-state index contributed by atoms with van der Waals surface area (Å²) in [5.74, 6) is 1.72. The molecular weight excluding hydrogens is 300 g/mol. The van der Waals surface area contributed by atoms with Gasteiger partial charge >= 0.3 is 0 Å². The maximum Gasteiger partial charge on any atom is 0.118 e. The van der Waals surface area contributed by atoms with Crippen LogP contribution in [0.4, 0.5) is 0 Å². The highest BCUT2D eigenvalue weighted by molar-refractivity contribution is 5.27. The number of morpholine rings is 1. The van der Waals surface area contributed by atoms with Crippen molar-refractivity contribution in [1.29, 1.82) is 0 Å². The second-order valence-electron chi connectivity index (χ2n) is 7.85. The highest BCUT2D eigenvalue weighted by Gasteiger charge is 2.33. The van der Waals surface area contributed by atoms with Gasteiger partial charge in [-0.15, -0.1) is 0 Å². The minimum atomic E-state index is 0.235. The highest BCUT2D eigenvalue weighted by atomic mass is 16.5. The van der Waals surface area contributed by atoms with Crippen LogP contribution in [0.1, 0.15) is 25.8 Å². The van der Waals surface area contributed by atoms with E-state index in [4.69, 9.17) is 9.47 Å². The number of ether oxygens (including phenoxy) is 2. The zero-order chi connectivity index (χ0) is 17.0. The van der Waals surface area contributed by atoms with Crippen molar-refractivity contribution in [3.63, 3.8) is 0 Å². The third kappa shape index (κ3) is 4.50. The minimum Gasteiger partial charge on any atom is -0.497 e. The molecule has 0 aliphatic carbocycles. The molecule has 0 amide bonds. The molecule has 4 heteroatoms. The van der Waals surface area contributed by atoms with E-state index in [1.807, 2.05) is 0 Å². The van der Waals surface area contributed by atoms with Crippen molar-refractivity contribution < 1.29 is 9.47 Å². The number of methoxy groups -OCH3 is 1. The zero-order valence-corrected chi connectivity index (χ0v) is 15.5. The van der Waals surface area contributed by atoms with E-state index in [1.165, 1.54) is 31.5 Å². The van der Waals surface area contributed by atoms with Crippen molar-refractivity contribution in [1.82, 2.24) is 9.80 Å². The molecule has 2 saturated heterocycles. The Labute approximate surface area is 146 Å². The molecule has 0 N–H and O–H groups in total. The molecule has 1 aromatic rings. The Kier molecular flexibility index (Phi) is 5.80. The monoisotopic (exact) mass is 332 g/mol. The number of likely N-dealkylation sites (tertiary alicyclic amines) is 1. The predicted octanol–water partition coefficient (Wildman–Crippen LogP) is 2.67. The van der Waals surface area contributed by atoms with Gasteiger partial charge in [0.2, 0.25) is 0 Å². The second kappa shape index (κ2) is 7.85. The maximum atomic E-state index is 5.50. The summed E-state index contributed by atoms with van der Waals surface area (Å²) in [7, 11) is 1.72. The number of nitrogens with zero attached hydrogens (tertiary/aromatic N) is 2. The summed E-state index contributed by atoms with van der Waals surface area (Å²) in [6.07, 6.45) is 2.49. The Balaban J connectivity index is 1.49. The largest absolute Gasteiger partial charge is 0.497 e. The first-order valence-corrected chi connectivity index (χ1v) is 9.25. The Hall–Kier alpha value is -1.10. The molecule has 2 aliphatic heterocycles. The Morgan fingerprint density at radius 1 is 1.12 bits per heavy atom. The fraction of sp³-hybridized carbons (Fsp3) is 0.700. The molecule has 0 saturated carbocycles. The van der Waals surface area contributed by atoms with Crippen molar-refractivity contribution in [2.45, 2.75) is 32.2 Å². The summed E-state index contributed by atoms with van der Waals surface area (Å²) in [6.45, 7) is 12.3. The molecule has 2 heterocycles. The Morgan fingerprint density at radius 3 is 2.50 bits per heavy atom. The van der Waals surface area contributed by atoms with Crippen LogP contribution in [0, 0.1) is 5.92 Å². The average molecular weight is 332 g/mol. The van der Waals surface area contributed by atoms with Crippen LogP contribution in [0.5, 0.6) is 5.75 Å². The molecule has 24 heavy (non-hydrogen) atoms. The molecule has 0 spiro atoms. The van der Waals surface area contributed by atoms with Crippen molar-refractivity contribution in [2.75, 3.05) is 53.0 Å². The van der Waals surface area contributed by atoms with Gasteiger partial charge in [-0.25, -0.2) is 0 Å². The van der Waals surface area contributed by atoms with Crippen LogP contribution in [0.25, 0.3) is 0 Å². The number of rotatable bonds is 6. The van der Waals surface area contributed by atoms with Gasteiger partial charge in [0, 0.05) is 31.7 Å². The van der Waals surface area contributed by atoms with Crippen LogP contribution < -0.4 is 4.74 Å². The van der Waals surface area contributed by atoms with Crippen LogP contribution >= 0.6 is 0 Å². The van der Waals surface area contributed by atoms with E-state index < -0.39 is 0 Å². The molecule has 0 bridgehead atoms. The van der Waals surface area contributed by atoms with Gasteiger partial charge in [-0.1, -0.05) is 12.1 Å². The molecule has 1 unspecified atom stereocenters. The predicted molar refractivity (Wildman–Crippen MR) is 97.7 cm³/mol. The Morgan fingerprint density at radius 2 is 1.83 bits per heavy atom. The molecule has 2 aliphatic rings. The average Bonchev–Trinajstić information content (AvgIpc) is 3.02. The third-order valence-corrected chi connectivity index (χ3v) is 5.53. The van der Waals surface area contributed by atoms with Gasteiger partial charge in [-0.2, -0.15) is 0 Å². The smallest absolute Gasteiger partial charge is 0.118 e. The zero-order valence-electron chi connectivity index (χ0n) is 15.5. The number of benzene rings is 1. The molecule has 0 aromatic heterocycles. The number of hydrogen-bond donors (Lipinski definition) is 0. The molecule has 3 rings (SSSR count). The first-order valence-electron chi connectivity index (χ1n) is 9.25. The number of hydrogen-bond acceptors (Lipinski definition) is 4. The second-order valence-corrected chi connectivity index (χ2v) is 7.85. The van der Waals surface area contributed by atoms with Gasteiger partial charge in [0.15, 0.2) is 0 Å². The summed E-state index contributed by atoms with van der Waals surface area (Å²) >= 11 is 0. The van der Waals surface area contributed by atoms with Gasteiger partial charge in [-0.3, -0.25) is 4.90 Å². The lowest BCUT2D eigenvalue weighted by Gasteiger charge is -2.43. The third-order valence-electron chi connectivity index (χ3n) is 5.53. The summed E-state index contributed by atoms with van der Waals surface area (Å²) in [6, 6.07) is 8.56. The van der Waals surface area contributed by atoms with Crippen molar-refractivity contribution in [3.05, 3.63) is 29.8 Å². The van der Waals surface area contributed by atoms with Gasteiger partial charge in [0.05, 0.1) is 20.3 Å². The molecule has 1 aromatic carbocycles. The molecule has 4 nitrogen and oxygen atoms in total. The SMILES string of the molecule is COc1ccc(CC2CCN(CC(C)(C)N3CCOCC3)C2)cc1. The van der Waals surface area contributed by atoms with E-state index in [9.17, 15) is 0 Å². The van der Waals surface area contributed by atoms with E-state index >= 15 is 0 Å². The van der Waals surface area contributed by atoms with E-state index in [-0.39, 0.29) is 5.54 Å². The molecular formula is C20H32N2O2. The fourth-order valence-electron chi connectivity index (χ4n) is 4.13. The van der Waals surface area contributed by atoms with Crippen molar-refractivity contribution in [3.8, 4) is 5.75 Å². The summed E-state index contributed by atoms with van der Waals surface area (Å²) in [5, 5.41) is 0.